The van der Waals surface area contributed by atoms with Crippen LogP contribution in [0.4, 0.5) is 13.2 Å². The summed E-state index contributed by atoms with van der Waals surface area (Å²) in [4.78, 5) is 1.54. The van der Waals surface area contributed by atoms with Gasteiger partial charge in [0.1, 0.15) is 10.6 Å². The van der Waals surface area contributed by atoms with Gasteiger partial charge in [0.25, 0.3) is 0 Å². The molecule has 0 saturated carbocycles. The molecule has 0 radical (unpaired) electrons. The van der Waals surface area contributed by atoms with Crippen molar-refractivity contribution >= 4 is 34.8 Å². The highest BCUT2D eigenvalue weighted by molar-refractivity contribution is 7.89. The molecule has 146 valence electrons. The lowest BCUT2D eigenvalue weighted by atomic mass is 10.3. The second kappa shape index (κ2) is 10.4. The van der Waals surface area contributed by atoms with Crippen molar-refractivity contribution in [3.8, 4) is 5.75 Å². The van der Waals surface area contributed by atoms with E-state index in [2.05, 4.69) is 19.7 Å². The van der Waals surface area contributed by atoms with Crippen LogP contribution in [-0.2, 0) is 10.0 Å². The van der Waals surface area contributed by atoms with E-state index in [4.69, 9.17) is 0 Å². The number of nitrogens with one attached hydrogen (secondary N) is 2. The predicted molar refractivity (Wildman–Crippen MR) is 92.1 cm³/mol. The molecule has 2 N–H and O–H groups in total. The number of alkyl halides is 3. The van der Waals surface area contributed by atoms with Crippen LogP contribution in [0.5, 0.6) is 5.75 Å². The highest BCUT2D eigenvalue weighted by Crippen LogP contribution is 2.29. The van der Waals surface area contributed by atoms with Gasteiger partial charge in [-0.15, -0.1) is 38.0 Å². The van der Waals surface area contributed by atoms with E-state index in [9.17, 15) is 21.6 Å². The SMILES string of the molecule is Cl.Cl.O=S(=O)(NCCN1CCNCC1)c1ccccc1OC(F)(F)F. The average Bonchev–Trinajstić information content (AvgIpc) is 2.47. The summed E-state index contributed by atoms with van der Waals surface area (Å²) in [5.41, 5.74) is 0. The van der Waals surface area contributed by atoms with Crippen molar-refractivity contribution in [1.82, 2.24) is 14.9 Å². The number of para-hydroxylation sites is 1. The summed E-state index contributed by atoms with van der Waals surface area (Å²) in [6.45, 7) is 3.86. The molecule has 0 spiro atoms. The lowest BCUT2D eigenvalue weighted by Crippen LogP contribution is -2.46. The lowest BCUT2D eigenvalue weighted by molar-refractivity contribution is -0.275. The maximum Gasteiger partial charge on any atom is 0.573 e. The number of halogens is 5. The Labute approximate surface area is 157 Å². The van der Waals surface area contributed by atoms with Crippen LogP contribution in [0, 0.1) is 0 Å². The van der Waals surface area contributed by atoms with Gasteiger partial charge in [0.15, 0.2) is 0 Å². The van der Waals surface area contributed by atoms with Crippen LogP contribution < -0.4 is 14.8 Å². The van der Waals surface area contributed by atoms with Crippen molar-refractivity contribution < 1.29 is 26.3 Å². The molecular weight excluding hydrogens is 406 g/mol. The molecule has 1 saturated heterocycles. The molecule has 0 aromatic heterocycles. The standard InChI is InChI=1S/C13H18F3N3O3S.2ClH/c14-13(15,16)22-11-3-1-2-4-12(11)23(20,21)18-7-10-19-8-5-17-6-9-19;;/h1-4,17-18H,5-10H2;2*1H. The fraction of sp³-hybridized carbons (Fsp3) is 0.538. The molecule has 12 heteroatoms. The van der Waals surface area contributed by atoms with Crippen molar-refractivity contribution in [3.05, 3.63) is 24.3 Å². The number of hydrogen-bond donors (Lipinski definition) is 2. The topological polar surface area (TPSA) is 70.7 Å². The summed E-state index contributed by atoms with van der Waals surface area (Å²) in [5.74, 6) is -0.741. The van der Waals surface area contributed by atoms with Crippen LogP contribution in [0.2, 0.25) is 0 Å². The molecule has 1 aromatic carbocycles. The van der Waals surface area contributed by atoms with Gasteiger partial charge < -0.3 is 10.1 Å². The Morgan fingerprint density at radius 3 is 2.36 bits per heavy atom. The van der Waals surface area contributed by atoms with E-state index in [-0.39, 0.29) is 31.4 Å². The van der Waals surface area contributed by atoms with Crippen molar-refractivity contribution in [1.29, 1.82) is 0 Å². The van der Waals surface area contributed by atoms with Crippen molar-refractivity contribution in [2.45, 2.75) is 11.3 Å². The zero-order valence-corrected chi connectivity index (χ0v) is 15.5. The molecule has 1 aromatic rings. The minimum absolute atomic E-state index is 0. The average molecular weight is 426 g/mol. The third-order valence-corrected chi connectivity index (χ3v) is 4.79. The first-order valence-electron chi connectivity index (χ1n) is 7.05. The smallest absolute Gasteiger partial charge is 0.404 e. The largest absolute Gasteiger partial charge is 0.573 e. The molecule has 1 fully saturated rings. The molecule has 1 heterocycles. The van der Waals surface area contributed by atoms with Crippen LogP contribution >= 0.6 is 24.8 Å². The Balaban J connectivity index is 0.00000288. The number of piperazine rings is 1. The number of hydrogen-bond acceptors (Lipinski definition) is 5. The fourth-order valence-corrected chi connectivity index (χ4v) is 3.38. The van der Waals surface area contributed by atoms with Crippen LogP contribution in [-0.4, -0.2) is 58.9 Å². The Morgan fingerprint density at radius 2 is 1.76 bits per heavy atom. The van der Waals surface area contributed by atoms with E-state index >= 15 is 0 Å². The Bertz CT molecular complexity index is 626. The van der Waals surface area contributed by atoms with Gasteiger partial charge in [0, 0.05) is 39.3 Å². The molecule has 0 unspecified atom stereocenters. The minimum atomic E-state index is -4.95. The first kappa shape index (κ1) is 24.2. The number of rotatable bonds is 6. The summed E-state index contributed by atoms with van der Waals surface area (Å²) < 4.78 is 67.5. The highest BCUT2D eigenvalue weighted by atomic mass is 35.5. The molecule has 1 aliphatic rings. The molecule has 0 aliphatic carbocycles. The van der Waals surface area contributed by atoms with Crippen LogP contribution in [0.3, 0.4) is 0 Å². The van der Waals surface area contributed by atoms with E-state index < -0.39 is 27.0 Å². The number of ether oxygens (including phenoxy) is 1. The molecule has 0 bridgehead atoms. The number of benzene rings is 1. The Hall–Kier alpha value is -0.780. The van der Waals surface area contributed by atoms with Gasteiger partial charge in [-0.3, -0.25) is 4.90 Å². The molecule has 2 rings (SSSR count). The third-order valence-electron chi connectivity index (χ3n) is 3.29. The zero-order chi connectivity index (χ0) is 16.9. The van der Waals surface area contributed by atoms with Crippen molar-refractivity contribution in [3.63, 3.8) is 0 Å². The van der Waals surface area contributed by atoms with E-state index in [0.717, 1.165) is 38.3 Å². The van der Waals surface area contributed by atoms with Gasteiger partial charge in [-0.25, -0.2) is 13.1 Å². The number of nitrogens with zero attached hydrogens (tertiary/aromatic N) is 1. The third kappa shape index (κ3) is 7.97. The Kier molecular flexibility index (Phi) is 10.1. The lowest BCUT2D eigenvalue weighted by Gasteiger charge is -2.27. The van der Waals surface area contributed by atoms with Crippen LogP contribution in [0.1, 0.15) is 0 Å². The molecule has 0 atom stereocenters. The summed E-state index contributed by atoms with van der Waals surface area (Å²) in [6.07, 6.45) is -4.95. The second-order valence-corrected chi connectivity index (χ2v) is 6.72. The summed E-state index contributed by atoms with van der Waals surface area (Å²) in [6, 6.07) is 4.67. The van der Waals surface area contributed by atoms with Gasteiger partial charge in [0.05, 0.1) is 0 Å². The van der Waals surface area contributed by atoms with Gasteiger partial charge in [0.2, 0.25) is 10.0 Å². The first-order valence-corrected chi connectivity index (χ1v) is 8.54. The molecule has 0 amide bonds. The molecule has 25 heavy (non-hydrogen) atoms. The maximum absolute atomic E-state index is 12.4. The first-order chi connectivity index (χ1) is 10.8. The fourth-order valence-electron chi connectivity index (χ4n) is 2.23. The van der Waals surface area contributed by atoms with Crippen LogP contribution in [0.15, 0.2) is 29.2 Å². The van der Waals surface area contributed by atoms with E-state index in [1.165, 1.54) is 12.1 Å². The van der Waals surface area contributed by atoms with Crippen molar-refractivity contribution in [2.24, 2.45) is 0 Å². The summed E-state index contributed by atoms with van der Waals surface area (Å²) >= 11 is 0. The monoisotopic (exact) mass is 425 g/mol. The van der Waals surface area contributed by atoms with Gasteiger partial charge in [-0.1, -0.05) is 12.1 Å². The molecule has 1 aliphatic heterocycles. The summed E-state index contributed by atoms with van der Waals surface area (Å²) in [5, 5.41) is 3.17. The maximum atomic E-state index is 12.4. The Morgan fingerprint density at radius 1 is 1.16 bits per heavy atom. The van der Waals surface area contributed by atoms with E-state index in [0.29, 0.717) is 6.54 Å². The molecule has 6 nitrogen and oxygen atoms in total. The van der Waals surface area contributed by atoms with Gasteiger partial charge >= 0.3 is 6.36 Å². The normalized spacial score (nSPS) is 15.8. The van der Waals surface area contributed by atoms with E-state index in [1.807, 2.05) is 0 Å². The quantitative estimate of drug-likeness (QED) is 0.724. The van der Waals surface area contributed by atoms with Gasteiger partial charge in [-0.2, -0.15) is 0 Å². The van der Waals surface area contributed by atoms with E-state index in [1.54, 1.807) is 0 Å². The zero-order valence-electron chi connectivity index (χ0n) is 13.1. The number of sulfonamides is 1. The van der Waals surface area contributed by atoms with Gasteiger partial charge in [-0.05, 0) is 12.1 Å². The predicted octanol–water partition coefficient (Wildman–Crippen LogP) is 1.61. The second-order valence-electron chi connectivity index (χ2n) is 4.98. The summed E-state index contributed by atoms with van der Waals surface area (Å²) in [7, 11) is -4.08. The molecular formula is C13H20Cl2F3N3O3S. The van der Waals surface area contributed by atoms with Crippen molar-refractivity contribution in [2.75, 3.05) is 39.3 Å². The minimum Gasteiger partial charge on any atom is -0.404 e. The van der Waals surface area contributed by atoms with Crippen LogP contribution in [0.25, 0.3) is 0 Å². The highest BCUT2D eigenvalue weighted by Gasteiger charge is 2.33.